The van der Waals surface area contributed by atoms with Crippen molar-refractivity contribution >= 4 is 6.03 Å². The number of aromatic nitrogens is 3. The molecule has 1 saturated heterocycles. The van der Waals surface area contributed by atoms with E-state index in [0.717, 1.165) is 24.4 Å². The molecule has 1 atom stereocenters. The number of hydrogen-bond donors (Lipinski definition) is 1. The van der Waals surface area contributed by atoms with Crippen molar-refractivity contribution in [3.63, 3.8) is 0 Å². The predicted octanol–water partition coefficient (Wildman–Crippen LogP) is 2.27. The first-order valence-electron chi connectivity index (χ1n) is 7.19. The van der Waals surface area contributed by atoms with E-state index in [4.69, 9.17) is 0 Å². The standard InChI is InChI=1S/C15H19N5O/c1-11(2)17-15(21)19-9-7-14(19)20-10-6-13(18-20)12-5-3-4-8-16-12/h3-6,8,10-11,14H,7,9H2,1-2H3,(H,17,21). The van der Waals surface area contributed by atoms with Crippen molar-refractivity contribution in [2.24, 2.45) is 0 Å². The second-order valence-corrected chi connectivity index (χ2v) is 5.46. The Balaban J connectivity index is 1.73. The zero-order valence-corrected chi connectivity index (χ0v) is 12.2. The highest BCUT2D eigenvalue weighted by molar-refractivity contribution is 5.75. The maximum absolute atomic E-state index is 12.1. The largest absolute Gasteiger partial charge is 0.336 e. The van der Waals surface area contributed by atoms with Crippen molar-refractivity contribution in [3.8, 4) is 11.4 Å². The van der Waals surface area contributed by atoms with E-state index in [9.17, 15) is 4.79 Å². The Bertz CT molecular complexity index is 622. The van der Waals surface area contributed by atoms with Gasteiger partial charge in [0.2, 0.25) is 0 Å². The fourth-order valence-corrected chi connectivity index (χ4v) is 2.37. The maximum atomic E-state index is 12.1. The molecule has 1 aliphatic heterocycles. The number of likely N-dealkylation sites (tertiary alicyclic amines) is 1. The van der Waals surface area contributed by atoms with Gasteiger partial charge in [-0.2, -0.15) is 5.10 Å². The Hall–Kier alpha value is -2.37. The summed E-state index contributed by atoms with van der Waals surface area (Å²) in [4.78, 5) is 18.1. The normalized spacial score (nSPS) is 17.7. The molecule has 2 aromatic rings. The summed E-state index contributed by atoms with van der Waals surface area (Å²) in [6.07, 6.45) is 4.58. The molecule has 3 heterocycles. The van der Waals surface area contributed by atoms with Gasteiger partial charge in [0, 0.05) is 31.4 Å². The molecule has 1 fully saturated rings. The molecule has 0 aliphatic carbocycles. The molecule has 3 rings (SSSR count). The van der Waals surface area contributed by atoms with Gasteiger partial charge < -0.3 is 10.2 Å². The minimum atomic E-state index is -0.0314. The van der Waals surface area contributed by atoms with Crippen LogP contribution in [0.2, 0.25) is 0 Å². The van der Waals surface area contributed by atoms with Gasteiger partial charge in [-0.1, -0.05) is 6.07 Å². The van der Waals surface area contributed by atoms with Gasteiger partial charge in [0.1, 0.15) is 11.9 Å². The van der Waals surface area contributed by atoms with Crippen molar-refractivity contribution in [2.45, 2.75) is 32.5 Å². The third kappa shape index (κ3) is 2.74. The Morgan fingerprint density at radius 1 is 1.33 bits per heavy atom. The number of pyridine rings is 1. The quantitative estimate of drug-likeness (QED) is 0.941. The van der Waals surface area contributed by atoms with Gasteiger partial charge in [-0.25, -0.2) is 9.48 Å². The number of rotatable bonds is 3. The van der Waals surface area contributed by atoms with Crippen molar-refractivity contribution in [3.05, 3.63) is 36.7 Å². The van der Waals surface area contributed by atoms with Gasteiger partial charge in [-0.15, -0.1) is 0 Å². The lowest BCUT2D eigenvalue weighted by Gasteiger charge is -2.41. The number of urea groups is 1. The van der Waals surface area contributed by atoms with Crippen LogP contribution in [0, 0.1) is 0 Å². The van der Waals surface area contributed by atoms with Gasteiger partial charge in [0.25, 0.3) is 0 Å². The van der Waals surface area contributed by atoms with Gasteiger partial charge in [0.05, 0.1) is 5.69 Å². The van der Waals surface area contributed by atoms with Gasteiger partial charge in [0.15, 0.2) is 0 Å². The molecule has 2 amide bonds. The molecule has 0 bridgehead atoms. The average Bonchev–Trinajstić information content (AvgIpc) is 2.86. The number of hydrogen-bond acceptors (Lipinski definition) is 3. The molecule has 21 heavy (non-hydrogen) atoms. The van der Waals surface area contributed by atoms with Gasteiger partial charge in [-0.3, -0.25) is 4.98 Å². The van der Waals surface area contributed by atoms with E-state index in [-0.39, 0.29) is 18.2 Å². The smallest absolute Gasteiger partial charge is 0.319 e. The van der Waals surface area contributed by atoms with E-state index in [1.54, 1.807) is 11.1 Å². The number of carbonyl (C=O) groups is 1. The van der Waals surface area contributed by atoms with Crippen LogP contribution in [0.3, 0.4) is 0 Å². The lowest BCUT2D eigenvalue weighted by Crippen LogP contribution is -2.53. The average molecular weight is 285 g/mol. The zero-order chi connectivity index (χ0) is 14.8. The molecule has 2 aromatic heterocycles. The van der Waals surface area contributed by atoms with Crippen LogP contribution in [-0.4, -0.2) is 38.3 Å². The monoisotopic (exact) mass is 285 g/mol. The van der Waals surface area contributed by atoms with Gasteiger partial charge in [-0.05, 0) is 32.0 Å². The van der Waals surface area contributed by atoms with E-state index in [1.807, 2.05) is 49.0 Å². The number of carbonyl (C=O) groups excluding carboxylic acids is 1. The highest BCUT2D eigenvalue weighted by atomic mass is 16.2. The molecule has 6 nitrogen and oxygen atoms in total. The van der Waals surface area contributed by atoms with Crippen LogP contribution in [0.1, 0.15) is 26.4 Å². The number of amides is 2. The number of nitrogens with one attached hydrogen (secondary N) is 1. The summed E-state index contributed by atoms with van der Waals surface area (Å²) < 4.78 is 1.84. The first-order valence-corrected chi connectivity index (χ1v) is 7.19. The third-order valence-electron chi connectivity index (χ3n) is 3.50. The Morgan fingerprint density at radius 3 is 2.81 bits per heavy atom. The summed E-state index contributed by atoms with van der Waals surface area (Å²) in [6, 6.07) is 7.78. The first kappa shape index (κ1) is 13.6. The lowest BCUT2D eigenvalue weighted by molar-refractivity contribution is 0.0607. The molecule has 0 aromatic carbocycles. The second-order valence-electron chi connectivity index (χ2n) is 5.46. The summed E-state index contributed by atoms with van der Waals surface area (Å²) in [5, 5.41) is 7.46. The van der Waals surface area contributed by atoms with Crippen molar-refractivity contribution in [1.82, 2.24) is 25.0 Å². The fraction of sp³-hybridized carbons (Fsp3) is 0.400. The molecular weight excluding hydrogens is 266 g/mol. The van der Waals surface area contributed by atoms with E-state index >= 15 is 0 Å². The molecule has 1 aliphatic rings. The maximum Gasteiger partial charge on any atom is 0.319 e. The molecule has 6 heteroatoms. The summed E-state index contributed by atoms with van der Waals surface area (Å²) in [5.74, 6) is 0. The second kappa shape index (κ2) is 5.55. The lowest BCUT2D eigenvalue weighted by atomic mass is 10.1. The first-order chi connectivity index (χ1) is 10.1. The summed E-state index contributed by atoms with van der Waals surface area (Å²) >= 11 is 0. The molecular formula is C15H19N5O. The molecule has 1 N–H and O–H groups in total. The van der Waals surface area contributed by atoms with Crippen molar-refractivity contribution in [1.29, 1.82) is 0 Å². The summed E-state index contributed by atoms with van der Waals surface area (Å²) in [7, 11) is 0. The highest BCUT2D eigenvalue weighted by Crippen LogP contribution is 2.28. The summed E-state index contributed by atoms with van der Waals surface area (Å²) in [6.45, 7) is 4.68. The van der Waals surface area contributed by atoms with Crippen LogP contribution in [0.5, 0.6) is 0 Å². The Kier molecular flexibility index (Phi) is 3.60. The topological polar surface area (TPSA) is 63.1 Å². The van der Waals surface area contributed by atoms with Crippen molar-refractivity contribution < 1.29 is 4.79 Å². The zero-order valence-electron chi connectivity index (χ0n) is 12.2. The predicted molar refractivity (Wildman–Crippen MR) is 79.5 cm³/mol. The Morgan fingerprint density at radius 2 is 2.19 bits per heavy atom. The van der Waals surface area contributed by atoms with Crippen LogP contribution in [0.4, 0.5) is 4.79 Å². The Labute approximate surface area is 123 Å². The molecule has 0 radical (unpaired) electrons. The van der Waals surface area contributed by atoms with Crippen LogP contribution < -0.4 is 5.32 Å². The number of nitrogens with zero attached hydrogens (tertiary/aromatic N) is 4. The molecule has 0 spiro atoms. The minimum absolute atomic E-state index is 0.00112. The SMILES string of the molecule is CC(C)NC(=O)N1CCC1n1ccc(-c2ccccn2)n1. The molecule has 110 valence electrons. The van der Waals surface area contributed by atoms with Crippen molar-refractivity contribution in [2.75, 3.05) is 6.54 Å². The molecule has 1 unspecified atom stereocenters. The van der Waals surface area contributed by atoms with E-state index in [1.165, 1.54) is 0 Å². The molecule has 0 saturated carbocycles. The third-order valence-corrected chi connectivity index (χ3v) is 3.50. The van der Waals surface area contributed by atoms with E-state index in [2.05, 4.69) is 15.4 Å². The fourth-order valence-electron chi connectivity index (χ4n) is 2.37. The van der Waals surface area contributed by atoms with Crippen LogP contribution in [0.15, 0.2) is 36.7 Å². The summed E-state index contributed by atoms with van der Waals surface area (Å²) in [5.41, 5.74) is 1.67. The van der Waals surface area contributed by atoms with Crippen LogP contribution in [0.25, 0.3) is 11.4 Å². The van der Waals surface area contributed by atoms with Crippen LogP contribution in [-0.2, 0) is 0 Å². The minimum Gasteiger partial charge on any atom is -0.336 e. The van der Waals surface area contributed by atoms with Gasteiger partial charge >= 0.3 is 6.03 Å². The van der Waals surface area contributed by atoms with E-state index in [0.29, 0.717) is 0 Å². The van der Waals surface area contributed by atoms with E-state index < -0.39 is 0 Å². The highest BCUT2D eigenvalue weighted by Gasteiger charge is 2.34. The van der Waals surface area contributed by atoms with Crippen LogP contribution >= 0.6 is 0 Å².